The predicted molar refractivity (Wildman–Crippen MR) is 105 cm³/mol. The van der Waals surface area contributed by atoms with E-state index in [9.17, 15) is 4.79 Å². The molecule has 0 fully saturated rings. The molecule has 128 valence electrons. The first-order valence-corrected chi connectivity index (χ1v) is 9.32. The SMILES string of the molecule is Cc1ccc(C)c2sc(N(C)CC(=O)N3CCc4ccccc43)nc12. The lowest BCUT2D eigenvalue weighted by molar-refractivity contribution is -0.117. The number of anilines is 2. The lowest BCUT2D eigenvalue weighted by Gasteiger charge is -2.21. The van der Waals surface area contributed by atoms with E-state index in [1.807, 2.05) is 35.0 Å². The normalized spacial score (nSPS) is 13.3. The minimum atomic E-state index is 0.125. The molecule has 0 bridgehead atoms. The molecule has 1 aromatic heterocycles. The van der Waals surface area contributed by atoms with E-state index in [2.05, 4.69) is 32.0 Å². The van der Waals surface area contributed by atoms with Gasteiger partial charge in [-0.3, -0.25) is 4.79 Å². The zero-order valence-corrected chi connectivity index (χ0v) is 15.6. The van der Waals surface area contributed by atoms with Crippen LogP contribution in [0.4, 0.5) is 10.8 Å². The lowest BCUT2D eigenvalue weighted by atomic mass is 10.1. The molecule has 5 heteroatoms. The van der Waals surface area contributed by atoms with Crippen LogP contribution in [0.3, 0.4) is 0 Å². The maximum atomic E-state index is 12.8. The van der Waals surface area contributed by atoms with Crippen LogP contribution in [0.2, 0.25) is 0 Å². The van der Waals surface area contributed by atoms with Crippen LogP contribution in [0, 0.1) is 13.8 Å². The number of thiazole rings is 1. The molecular weight excluding hydrogens is 330 g/mol. The highest BCUT2D eigenvalue weighted by molar-refractivity contribution is 7.22. The average molecular weight is 351 g/mol. The largest absolute Gasteiger partial charge is 0.342 e. The first kappa shape index (κ1) is 16.1. The van der Waals surface area contributed by atoms with Gasteiger partial charge in [0.1, 0.15) is 0 Å². The summed E-state index contributed by atoms with van der Waals surface area (Å²) in [6.45, 7) is 5.30. The number of rotatable bonds is 3. The minimum Gasteiger partial charge on any atom is -0.342 e. The van der Waals surface area contributed by atoms with Crippen molar-refractivity contribution in [3.05, 3.63) is 53.1 Å². The molecule has 0 unspecified atom stereocenters. The van der Waals surface area contributed by atoms with Gasteiger partial charge in [0, 0.05) is 19.3 Å². The van der Waals surface area contributed by atoms with Crippen LogP contribution < -0.4 is 9.80 Å². The molecule has 0 saturated heterocycles. The van der Waals surface area contributed by atoms with Gasteiger partial charge in [0.15, 0.2) is 5.13 Å². The monoisotopic (exact) mass is 351 g/mol. The molecule has 2 heterocycles. The number of amides is 1. The second-order valence-corrected chi connectivity index (χ2v) is 7.63. The number of aryl methyl sites for hydroxylation is 2. The first-order valence-electron chi connectivity index (χ1n) is 8.51. The van der Waals surface area contributed by atoms with Gasteiger partial charge in [0.2, 0.25) is 5.91 Å². The van der Waals surface area contributed by atoms with E-state index >= 15 is 0 Å². The number of carbonyl (C=O) groups excluding carboxylic acids is 1. The van der Waals surface area contributed by atoms with Gasteiger partial charge in [-0.1, -0.05) is 41.7 Å². The Balaban J connectivity index is 1.56. The highest BCUT2D eigenvalue weighted by Gasteiger charge is 2.25. The van der Waals surface area contributed by atoms with Crippen molar-refractivity contribution in [3.63, 3.8) is 0 Å². The van der Waals surface area contributed by atoms with Gasteiger partial charge in [-0.05, 0) is 43.0 Å². The minimum absolute atomic E-state index is 0.125. The highest BCUT2D eigenvalue weighted by atomic mass is 32.1. The molecular formula is C20H21N3OS. The van der Waals surface area contributed by atoms with Crippen molar-refractivity contribution >= 4 is 38.3 Å². The Morgan fingerprint density at radius 2 is 1.96 bits per heavy atom. The topological polar surface area (TPSA) is 36.4 Å². The quantitative estimate of drug-likeness (QED) is 0.717. The number of carbonyl (C=O) groups is 1. The van der Waals surface area contributed by atoms with Crippen LogP contribution in [0.15, 0.2) is 36.4 Å². The third kappa shape index (κ3) is 2.78. The van der Waals surface area contributed by atoms with E-state index in [1.54, 1.807) is 11.3 Å². The van der Waals surface area contributed by atoms with E-state index < -0.39 is 0 Å². The molecule has 1 aliphatic rings. The zero-order valence-electron chi connectivity index (χ0n) is 14.7. The Labute approximate surface area is 151 Å². The molecule has 0 N–H and O–H groups in total. The second-order valence-electron chi connectivity index (χ2n) is 6.65. The van der Waals surface area contributed by atoms with Gasteiger partial charge in [0.25, 0.3) is 0 Å². The Kier molecular flexibility index (Phi) is 3.96. The van der Waals surface area contributed by atoms with Crippen LogP contribution in [0.25, 0.3) is 10.2 Å². The molecule has 0 spiro atoms. The van der Waals surface area contributed by atoms with Gasteiger partial charge in [-0.2, -0.15) is 0 Å². The number of para-hydroxylation sites is 1. The van der Waals surface area contributed by atoms with Crippen molar-refractivity contribution < 1.29 is 4.79 Å². The summed E-state index contributed by atoms with van der Waals surface area (Å²) in [7, 11) is 1.95. The van der Waals surface area contributed by atoms with E-state index in [4.69, 9.17) is 4.98 Å². The number of likely N-dealkylation sites (N-methyl/N-ethyl adjacent to an activating group) is 1. The Morgan fingerprint density at radius 1 is 1.20 bits per heavy atom. The molecule has 1 amide bonds. The molecule has 0 atom stereocenters. The summed E-state index contributed by atoms with van der Waals surface area (Å²) in [6.07, 6.45) is 0.936. The molecule has 0 radical (unpaired) electrons. The van der Waals surface area contributed by atoms with Gasteiger partial charge >= 0.3 is 0 Å². The predicted octanol–water partition coefficient (Wildman–Crippen LogP) is 3.94. The summed E-state index contributed by atoms with van der Waals surface area (Å²) >= 11 is 1.66. The van der Waals surface area contributed by atoms with E-state index in [0.717, 1.165) is 29.3 Å². The Bertz CT molecular complexity index is 924. The summed E-state index contributed by atoms with van der Waals surface area (Å²) in [5.74, 6) is 0.125. The van der Waals surface area contributed by atoms with Crippen LogP contribution in [-0.4, -0.2) is 31.0 Å². The van der Waals surface area contributed by atoms with Gasteiger partial charge in [-0.25, -0.2) is 4.98 Å². The number of nitrogens with zero attached hydrogens (tertiary/aromatic N) is 3. The summed E-state index contributed by atoms with van der Waals surface area (Å²) in [5.41, 5.74) is 5.77. The molecule has 0 aliphatic carbocycles. The smallest absolute Gasteiger partial charge is 0.246 e. The summed E-state index contributed by atoms with van der Waals surface area (Å²) < 4.78 is 1.21. The third-order valence-electron chi connectivity index (χ3n) is 4.82. The number of hydrogen-bond acceptors (Lipinski definition) is 4. The van der Waals surface area contributed by atoms with Crippen LogP contribution in [0.5, 0.6) is 0 Å². The van der Waals surface area contributed by atoms with Crippen LogP contribution in [0.1, 0.15) is 16.7 Å². The molecule has 1 aliphatic heterocycles. The molecule has 0 saturated carbocycles. The average Bonchev–Trinajstić information content (AvgIpc) is 3.23. The van der Waals surface area contributed by atoms with E-state index in [1.165, 1.54) is 21.4 Å². The molecule has 2 aromatic carbocycles. The van der Waals surface area contributed by atoms with Gasteiger partial charge < -0.3 is 9.80 Å². The lowest BCUT2D eigenvalue weighted by Crippen LogP contribution is -2.38. The maximum Gasteiger partial charge on any atom is 0.246 e. The third-order valence-corrected chi connectivity index (χ3v) is 6.12. The number of aromatic nitrogens is 1. The summed E-state index contributed by atoms with van der Waals surface area (Å²) in [6, 6.07) is 12.4. The summed E-state index contributed by atoms with van der Waals surface area (Å²) in [4.78, 5) is 21.4. The fourth-order valence-electron chi connectivity index (χ4n) is 3.36. The molecule has 25 heavy (non-hydrogen) atoms. The Morgan fingerprint density at radius 3 is 2.76 bits per heavy atom. The van der Waals surface area contributed by atoms with Crippen molar-refractivity contribution in [2.45, 2.75) is 20.3 Å². The number of fused-ring (bicyclic) bond motifs is 2. The van der Waals surface area contributed by atoms with Crippen LogP contribution in [-0.2, 0) is 11.2 Å². The number of hydrogen-bond donors (Lipinski definition) is 0. The van der Waals surface area contributed by atoms with Crippen molar-refractivity contribution in [3.8, 4) is 0 Å². The first-order chi connectivity index (χ1) is 12.0. The van der Waals surface area contributed by atoms with Crippen molar-refractivity contribution in [1.82, 2.24) is 4.98 Å². The fraction of sp³-hybridized carbons (Fsp3) is 0.300. The van der Waals surface area contributed by atoms with Gasteiger partial charge in [-0.15, -0.1) is 0 Å². The molecule has 4 rings (SSSR count). The van der Waals surface area contributed by atoms with Crippen molar-refractivity contribution in [1.29, 1.82) is 0 Å². The summed E-state index contributed by atoms with van der Waals surface area (Å²) in [5, 5.41) is 0.897. The molecule has 4 nitrogen and oxygen atoms in total. The second kappa shape index (κ2) is 6.15. The standard InChI is InChI=1S/C20H21N3OS/c1-13-8-9-14(2)19-18(13)21-20(25-19)22(3)12-17(24)23-11-10-15-6-4-5-7-16(15)23/h4-9H,10-12H2,1-3H3. The maximum absolute atomic E-state index is 12.8. The molecule has 3 aromatic rings. The highest BCUT2D eigenvalue weighted by Crippen LogP contribution is 2.33. The van der Waals surface area contributed by atoms with Crippen molar-refractivity contribution in [2.75, 3.05) is 29.9 Å². The van der Waals surface area contributed by atoms with E-state index in [-0.39, 0.29) is 5.91 Å². The number of benzene rings is 2. The zero-order chi connectivity index (χ0) is 17.6. The Hall–Kier alpha value is -2.40. The fourth-order valence-corrected chi connectivity index (χ4v) is 4.44. The van der Waals surface area contributed by atoms with Crippen molar-refractivity contribution in [2.24, 2.45) is 0 Å². The van der Waals surface area contributed by atoms with Gasteiger partial charge in [0.05, 0.1) is 16.8 Å². The van der Waals surface area contributed by atoms with E-state index in [0.29, 0.717) is 6.54 Å². The van der Waals surface area contributed by atoms with Crippen LogP contribution >= 0.6 is 11.3 Å².